The van der Waals surface area contributed by atoms with Crippen LogP contribution in [0.15, 0.2) is 22.6 Å². The number of fused-ring (bicyclic) bond motifs is 1. The van der Waals surface area contributed by atoms with Crippen molar-refractivity contribution in [3.63, 3.8) is 0 Å². The molecule has 2 aliphatic heterocycles. The van der Waals surface area contributed by atoms with Crippen LogP contribution in [-0.4, -0.2) is 41.5 Å². The van der Waals surface area contributed by atoms with Crippen LogP contribution in [0, 0.1) is 0 Å². The molecule has 5 nitrogen and oxygen atoms in total. The second kappa shape index (κ2) is 6.13. The van der Waals surface area contributed by atoms with Gasteiger partial charge in [0.2, 0.25) is 5.91 Å². The van der Waals surface area contributed by atoms with Crippen LogP contribution in [0.4, 0.5) is 0 Å². The maximum Gasteiger partial charge on any atom is 0.239 e. The molecule has 122 valence electrons. The van der Waals surface area contributed by atoms with Gasteiger partial charge in [-0.1, -0.05) is 11.6 Å². The molecule has 1 aromatic heterocycles. The topological polar surface area (TPSA) is 58.4 Å². The lowest BCUT2D eigenvalue weighted by Crippen LogP contribution is -2.46. The number of aromatic nitrogens is 1. The molecular formula is C17H20ClN3O2. The summed E-state index contributed by atoms with van der Waals surface area (Å²) in [5.41, 5.74) is 1.58. The number of halogens is 1. The molecule has 2 saturated heterocycles. The van der Waals surface area contributed by atoms with Gasteiger partial charge in [-0.05, 0) is 50.4 Å². The number of likely N-dealkylation sites (tertiary alicyclic amines) is 1. The Balaban J connectivity index is 1.43. The quantitative estimate of drug-likeness (QED) is 0.918. The highest BCUT2D eigenvalue weighted by Crippen LogP contribution is 2.31. The summed E-state index contributed by atoms with van der Waals surface area (Å²) >= 11 is 6.00. The van der Waals surface area contributed by atoms with Crippen molar-refractivity contribution in [3.8, 4) is 0 Å². The third-order valence-electron chi connectivity index (χ3n) is 4.88. The third kappa shape index (κ3) is 2.95. The minimum absolute atomic E-state index is 0.0259. The molecule has 1 atom stereocenters. The summed E-state index contributed by atoms with van der Waals surface area (Å²) in [4.78, 5) is 19.0. The number of oxazole rings is 1. The lowest BCUT2D eigenvalue weighted by atomic mass is 9.96. The van der Waals surface area contributed by atoms with E-state index in [9.17, 15) is 4.79 Å². The minimum atomic E-state index is 0.0259. The van der Waals surface area contributed by atoms with Crippen LogP contribution >= 0.6 is 11.6 Å². The van der Waals surface area contributed by atoms with Crippen molar-refractivity contribution in [1.29, 1.82) is 0 Å². The summed E-state index contributed by atoms with van der Waals surface area (Å²) in [6.45, 7) is 2.51. The van der Waals surface area contributed by atoms with E-state index in [0.717, 1.165) is 62.3 Å². The zero-order chi connectivity index (χ0) is 15.8. The molecule has 0 radical (unpaired) electrons. The first-order valence-electron chi connectivity index (χ1n) is 8.29. The number of piperidine rings is 1. The molecule has 23 heavy (non-hydrogen) atoms. The summed E-state index contributed by atoms with van der Waals surface area (Å²) in [6, 6.07) is 5.53. The molecule has 0 spiro atoms. The number of hydrogen-bond acceptors (Lipinski definition) is 4. The van der Waals surface area contributed by atoms with Crippen molar-refractivity contribution >= 4 is 28.6 Å². The van der Waals surface area contributed by atoms with Gasteiger partial charge in [0.15, 0.2) is 11.5 Å². The first-order valence-corrected chi connectivity index (χ1v) is 8.66. The van der Waals surface area contributed by atoms with Crippen LogP contribution in [0.1, 0.15) is 37.5 Å². The minimum Gasteiger partial charge on any atom is -0.440 e. The molecule has 0 aliphatic carbocycles. The van der Waals surface area contributed by atoms with E-state index in [1.54, 1.807) is 0 Å². The second-order valence-corrected chi connectivity index (χ2v) is 6.85. The molecule has 0 bridgehead atoms. The van der Waals surface area contributed by atoms with Crippen molar-refractivity contribution < 1.29 is 9.21 Å². The fraction of sp³-hybridized carbons (Fsp3) is 0.529. The van der Waals surface area contributed by atoms with Crippen LogP contribution in [0.2, 0.25) is 5.02 Å². The predicted molar refractivity (Wildman–Crippen MR) is 88.6 cm³/mol. The van der Waals surface area contributed by atoms with E-state index in [-0.39, 0.29) is 17.9 Å². The number of nitrogens with one attached hydrogen (secondary N) is 1. The Morgan fingerprint density at radius 3 is 2.87 bits per heavy atom. The highest BCUT2D eigenvalue weighted by atomic mass is 35.5. The van der Waals surface area contributed by atoms with E-state index in [0.29, 0.717) is 5.02 Å². The Morgan fingerprint density at radius 1 is 1.30 bits per heavy atom. The van der Waals surface area contributed by atoms with Gasteiger partial charge in [-0.3, -0.25) is 4.79 Å². The van der Waals surface area contributed by atoms with E-state index in [1.807, 2.05) is 23.1 Å². The molecule has 2 aliphatic rings. The fourth-order valence-electron chi connectivity index (χ4n) is 3.56. The Morgan fingerprint density at radius 2 is 2.13 bits per heavy atom. The summed E-state index contributed by atoms with van der Waals surface area (Å²) < 4.78 is 5.87. The molecule has 1 unspecified atom stereocenters. The average molecular weight is 334 g/mol. The van der Waals surface area contributed by atoms with Gasteiger partial charge in [-0.25, -0.2) is 4.98 Å². The van der Waals surface area contributed by atoms with E-state index in [4.69, 9.17) is 16.0 Å². The Labute approximate surface area is 140 Å². The first-order chi connectivity index (χ1) is 11.2. The fourth-order valence-corrected chi connectivity index (χ4v) is 3.72. The van der Waals surface area contributed by atoms with Crippen LogP contribution < -0.4 is 5.32 Å². The zero-order valence-corrected chi connectivity index (χ0v) is 13.7. The molecule has 3 heterocycles. The van der Waals surface area contributed by atoms with Crippen molar-refractivity contribution in [2.75, 3.05) is 19.6 Å². The van der Waals surface area contributed by atoms with Crippen LogP contribution in [-0.2, 0) is 4.79 Å². The van der Waals surface area contributed by atoms with E-state index < -0.39 is 0 Å². The van der Waals surface area contributed by atoms with Crippen molar-refractivity contribution in [1.82, 2.24) is 15.2 Å². The molecule has 0 saturated carbocycles. The predicted octanol–water partition coefficient (Wildman–Crippen LogP) is 2.94. The lowest BCUT2D eigenvalue weighted by Gasteiger charge is -2.32. The third-order valence-corrected chi connectivity index (χ3v) is 5.12. The lowest BCUT2D eigenvalue weighted by molar-refractivity contribution is -0.134. The highest BCUT2D eigenvalue weighted by Gasteiger charge is 2.31. The van der Waals surface area contributed by atoms with E-state index >= 15 is 0 Å². The molecule has 2 aromatic rings. The molecule has 4 rings (SSSR count). The van der Waals surface area contributed by atoms with Gasteiger partial charge in [-0.15, -0.1) is 0 Å². The SMILES string of the molecule is O=C(C1CCCN1)N1CCC(c2nc3cc(Cl)ccc3o2)CC1. The summed E-state index contributed by atoms with van der Waals surface area (Å²) in [7, 11) is 0. The monoisotopic (exact) mass is 333 g/mol. The highest BCUT2D eigenvalue weighted by molar-refractivity contribution is 6.31. The Kier molecular flexibility index (Phi) is 3.99. The van der Waals surface area contributed by atoms with Crippen molar-refractivity contribution in [2.45, 2.75) is 37.6 Å². The Bertz CT molecular complexity index is 716. The van der Waals surface area contributed by atoms with Crippen molar-refractivity contribution in [3.05, 3.63) is 29.1 Å². The normalized spacial score (nSPS) is 22.8. The van der Waals surface area contributed by atoms with Gasteiger partial charge in [-0.2, -0.15) is 0 Å². The smallest absolute Gasteiger partial charge is 0.239 e. The van der Waals surface area contributed by atoms with Gasteiger partial charge >= 0.3 is 0 Å². The number of nitrogens with zero attached hydrogens (tertiary/aromatic N) is 2. The molecule has 1 N–H and O–H groups in total. The molecule has 2 fully saturated rings. The van der Waals surface area contributed by atoms with Gasteiger partial charge in [0.05, 0.1) is 6.04 Å². The number of carbonyl (C=O) groups excluding carboxylic acids is 1. The number of rotatable bonds is 2. The number of hydrogen-bond donors (Lipinski definition) is 1. The van der Waals surface area contributed by atoms with Gasteiger partial charge in [0, 0.05) is 24.0 Å². The second-order valence-electron chi connectivity index (χ2n) is 6.41. The van der Waals surface area contributed by atoms with Gasteiger partial charge < -0.3 is 14.6 Å². The molecule has 1 aromatic carbocycles. The van der Waals surface area contributed by atoms with Crippen LogP contribution in [0.3, 0.4) is 0 Å². The maximum atomic E-state index is 12.4. The van der Waals surface area contributed by atoms with Crippen LogP contribution in [0.25, 0.3) is 11.1 Å². The maximum absolute atomic E-state index is 12.4. The average Bonchev–Trinajstić information content (AvgIpc) is 3.23. The Hall–Kier alpha value is -1.59. The van der Waals surface area contributed by atoms with E-state index in [1.165, 1.54) is 0 Å². The summed E-state index contributed by atoms with van der Waals surface area (Å²) in [5.74, 6) is 1.31. The first kappa shape index (κ1) is 15.0. The van der Waals surface area contributed by atoms with E-state index in [2.05, 4.69) is 10.3 Å². The van der Waals surface area contributed by atoms with Gasteiger partial charge in [0.25, 0.3) is 0 Å². The number of benzene rings is 1. The standard InChI is InChI=1S/C17H20ClN3O2/c18-12-3-4-15-14(10-12)20-16(23-15)11-5-8-21(9-6-11)17(22)13-2-1-7-19-13/h3-4,10-11,13,19H,1-2,5-9H2. The summed E-state index contributed by atoms with van der Waals surface area (Å²) in [5, 5.41) is 3.95. The summed E-state index contributed by atoms with van der Waals surface area (Å²) in [6.07, 6.45) is 3.86. The molecule has 1 amide bonds. The zero-order valence-electron chi connectivity index (χ0n) is 12.9. The number of amides is 1. The van der Waals surface area contributed by atoms with Crippen LogP contribution in [0.5, 0.6) is 0 Å². The van der Waals surface area contributed by atoms with Crippen molar-refractivity contribution in [2.24, 2.45) is 0 Å². The molecule has 6 heteroatoms. The number of carbonyl (C=O) groups is 1. The van der Waals surface area contributed by atoms with Gasteiger partial charge in [0.1, 0.15) is 5.52 Å². The largest absolute Gasteiger partial charge is 0.440 e. The molecular weight excluding hydrogens is 314 g/mol.